The monoisotopic (exact) mass is 336 g/mol. The summed E-state index contributed by atoms with van der Waals surface area (Å²) in [6.45, 7) is 6.36. The number of carbonyl (C=O) groups excluding carboxylic acids is 1. The summed E-state index contributed by atoms with van der Waals surface area (Å²) in [7, 11) is 0. The lowest BCUT2D eigenvalue weighted by atomic mass is 9.96. The predicted octanol–water partition coefficient (Wildman–Crippen LogP) is 4.26. The molecule has 0 saturated carbocycles. The van der Waals surface area contributed by atoms with E-state index in [0.717, 1.165) is 30.7 Å². The van der Waals surface area contributed by atoms with Gasteiger partial charge < -0.3 is 0 Å². The van der Waals surface area contributed by atoms with Crippen LogP contribution in [0.1, 0.15) is 55.6 Å². The van der Waals surface area contributed by atoms with E-state index in [1.165, 1.54) is 15.8 Å². The van der Waals surface area contributed by atoms with Crippen molar-refractivity contribution < 1.29 is 4.79 Å². The highest BCUT2D eigenvalue weighted by atomic mass is 16.2. The van der Waals surface area contributed by atoms with Crippen LogP contribution in [0.5, 0.6) is 0 Å². The molecule has 0 aliphatic heterocycles. The van der Waals surface area contributed by atoms with Gasteiger partial charge in [-0.3, -0.25) is 0 Å². The Morgan fingerprint density at radius 2 is 1.92 bits per heavy atom. The van der Waals surface area contributed by atoms with E-state index in [1.54, 1.807) is 23.1 Å². The number of aromatic nitrogens is 4. The van der Waals surface area contributed by atoms with E-state index in [0.29, 0.717) is 0 Å². The van der Waals surface area contributed by atoms with Crippen LogP contribution in [0.3, 0.4) is 0 Å². The summed E-state index contributed by atoms with van der Waals surface area (Å²) in [5.41, 5.74) is 4.39. The van der Waals surface area contributed by atoms with Gasteiger partial charge in [0.25, 0.3) is 0 Å². The average molecular weight is 336 g/mol. The van der Waals surface area contributed by atoms with Gasteiger partial charge in [-0.15, -0.1) is 0 Å². The first kappa shape index (κ1) is 17.1. The first-order chi connectivity index (χ1) is 12.1. The van der Waals surface area contributed by atoms with Crippen molar-refractivity contribution in [1.82, 2.24) is 19.6 Å². The number of carbonyl (C=O) groups is 1. The Morgan fingerprint density at radius 3 is 2.52 bits per heavy atom. The van der Waals surface area contributed by atoms with Gasteiger partial charge in [-0.05, 0) is 24.0 Å². The van der Waals surface area contributed by atoms with Crippen LogP contribution in [0, 0.1) is 0 Å². The van der Waals surface area contributed by atoms with Crippen molar-refractivity contribution in [2.24, 2.45) is 0 Å². The highest BCUT2D eigenvalue weighted by Crippen LogP contribution is 2.26. The van der Waals surface area contributed by atoms with Crippen molar-refractivity contribution in [2.45, 2.75) is 46.0 Å². The third-order valence-corrected chi connectivity index (χ3v) is 4.26. The summed E-state index contributed by atoms with van der Waals surface area (Å²) >= 11 is 0. The van der Waals surface area contributed by atoms with Crippen LogP contribution in [0.25, 0.3) is 0 Å². The summed E-state index contributed by atoms with van der Waals surface area (Å²) in [4.78, 5) is 12.8. The standard InChI is InChI=1S/C20H24N4O/c1-4-9-18-17(14-16-10-6-5-7-11-16)19(15(2)3)22-24(18)20(25)23-13-8-12-21-23/h5-8,10-13,15H,4,9,14H2,1-3H3. The molecule has 0 aliphatic rings. The van der Waals surface area contributed by atoms with Gasteiger partial charge >= 0.3 is 6.03 Å². The van der Waals surface area contributed by atoms with Crippen molar-refractivity contribution in [3.05, 3.63) is 71.3 Å². The van der Waals surface area contributed by atoms with Gasteiger partial charge in [-0.25, -0.2) is 4.79 Å². The SMILES string of the molecule is CCCc1c(Cc2ccccc2)c(C(C)C)nn1C(=O)n1cccn1. The lowest BCUT2D eigenvalue weighted by molar-refractivity contribution is 0.237. The van der Waals surface area contributed by atoms with Crippen molar-refractivity contribution in [1.29, 1.82) is 0 Å². The molecule has 0 spiro atoms. The molecule has 2 aromatic heterocycles. The minimum absolute atomic E-state index is 0.227. The normalized spacial score (nSPS) is 11.2. The van der Waals surface area contributed by atoms with E-state index in [4.69, 9.17) is 0 Å². The van der Waals surface area contributed by atoms with Crippen LogP contribution >= 0.6 is 0 Å². The Bertz CT molecular complexity index is 832. The van der Waals surface area contributed by atoms with Crippen LogP contribution < -0.4 is 0 Å². The maximum atomic E-state index is 12.8. The summed E-state index contributed by atoms with van der Waals surface area (Å²) in [5.74, 6) is 0.251. The molecule has 130 valence electrons. The smallest absolute Gasteiger partial charge is 0.244 e. The van der Waals surface area contributed by atoms with E-state index >= 15 is 0 Å². The largest absolute Gasteiger partial charge is 0.369 e. The van der Waals surface area contributed by atoms with Crippen LogP contribution in [0.2, 0.25) is 0 Å². The summed E-state index contributed by atoms with van der Waals surface area (Å²) < 4.78 is 2.88. The van der Waals surface area contributed by atoms with Gasteiger partial charge in [-0.2, -0.15) is 19.6 Å². The van der Waals surface area contributed by atoms with Crippen LogP contribution in [0.4, 0.5) is 4.79 Å². The number of nitrogens with zero attached hydrogens (tertiary/aromatic N) is 4. The molecule has 1 aromatic carbocycles. The van der Waals surface area contributed by atoms with Crippen molar-refractivity contribution >= 4 is 6.03 Å². The van der Waals surface area contributed by atoms with Crippen LogP contribution in [0.15, 0.2) is 48.8 Å². The lowest BCUT2D eigenvalue weighted by Crippen LogP contribution is -2.23. The third-order valence-electron chi connectivity index (χ3n) is 4.26. The summed E-state index contributed by atoms with van der Waals surface area (Å²) in [5, 5.41) is 8.75. The lowest BCUT2D eigenvalue weighted by Gasteiger charge is -2.09. The molecule has 2 heterocycles. The Labute approximate surface area is 148 Å². The van der Waals surface area contributed by atoms with Crippen molar-refractivity contribution in [3.63, 3.8) is 0 Å². The first-order valence-electron chi connectivity index (χ1n) is 8.80. The van der Waals surface area contributed by atoms with Crippen LogP contribution in [-0.4, -0.2) is 25.6 Å². The minimum Gasteiger partial charge on any atom is -0.244 e. The molecule has 25 heavy (non-hydrogen) atoms. The quantitative estimate of drug-likeness (QED) is 0.699. The highest BCUT2D eigenvalue weighted by molar-refractivity contribution is 5.78. The molecule has 5 nitrogen and oxygen atoms in total. The molecule has 0 fully saturated rings. The molecule has 0 bridgehead atoms. The number of hydrogen-bond donors (Lipinski definition) is 0. The summed E-state index contributed by atoms with van der Waals surface area (Å²) in [6, 6.07) is 11.9. The molecule has 5 heteroatoms. The average Bonchev–Trinajstić information content (AvgIpc) is 3.25. The fourth-order valence-electron chi connectivity index (χ4n) is 3.09. The number of rotatable bonds is 5. The molecule has 0 atom stereocenters. The first-order valence-corrected chi connectivity index (χ1v) is 8.80. The van der Waals surface area contributed by atoms with Crippen LogP contribution in [-0.2, 0) is 12.8 Å². The van der Waals surface area contributed by atoms with E-state index < -0.39 is 0 Å². The fourth-order valence-corrected chi connectivity index (χ4v) is 3.09. The van der Waals surface area contributed by atoms with E-state index in [2.05, 4.69) is 43.1 Å². The van der Waals surface area contributed by atoms with Gasteiger partial charge in [0.2, 0.25) is 0 Å². The zero-order valence-electron chi connectivity index (χ0n) is 15.0. The second kappa shape index (κ2) is 7.47. The molecule has 0 saturated heterocycles. The molecule has 3 aromatic rings. The maximum Gasteiger partial charge on any atom is 0.369 e. The van der Waals surface area contributed by atoms with Gasteiger partial charge in [-0.1, -0.05) is 57.5 Å². The Morgan fingerprint density at radius 1 is 1.16 bits per heavy atom. The molecule has 0 N–H and O–H groups in total. The number of benzene rings is 1. The molecule has 3 rings (SSSR count). The van der Waals surface area contributed by atoms with E-state index in [9.17, 15) is 4.79 Å². The van der Waals surface area contributed by atoms with Gasteiger partial charge in [0.1, 0.15) is 0 Å². The topological polar surface area (TPSA) is 52.7 Å². The fraction of sp³-hybridized carbons (Fsp3) is 0.350. The minimum atomic E-state index is -0.227. The summed E-state index contributed by atoms with van der Waals surface area (Å²) in [6.07, 6.45) is 5.82. The zero-order chi connectivity index (χ0) is 17.8. The second-order valence-corrected chi connectivity index (χ2v) is 6.52. The zero-order valence-corrected chi connectivity index (χ0v) is 15.0. The van der Waals surface area contributed by atoms with Gasteiger partial charge in [0, 0.05) is 24.4 Å². The van der Waals surface area contributed by atoms with Gasteiger partial charge in [0.15, 0.2) is 0 Å². The number of hydrogen-bond acceptors (Lipinski definition) is 3. The Kier molecular flexibility index (Phi) is 5.12. The van der Waals surface area contributed by atoms with Crippen molar-refractivity contribution in [3.8, 4) is 0 Å². The van der Waals surface area contributed by atoms with Crippen molar-refractivity contribution in [2.75, 3.05) is 0 Å². The maximum absolute atomic E-state index is 12.8. The third kappa shape index (κ3) is 3.55. The molecular weight excluding hydrogens is 312 g/mol. The molecule has 0 amide bonds. The Balaban J connectivity index is 2.09. The molecule has 0 unspecified atom stereocenters. The van der Waals surface area contributed by atoms with Gasteiger partial charge in [0.05, 0.1) is 11.4 Å². The Hall–Kier alpha value is -2.69. The molecular formula is C20H24N4O. The highest BCUT2D eigenvalue weighted by Gasteiger charge is 2.23. The van der Waals surface area contributed by atoms with E-state index in [-0.39, 0.29) is 11.9 Å². The second-order valence-electron chi connectivity index (χ2n) is 6.52. The van der Waals surface area contributed by atoms with E-state index in [1.807, 2.05) is 18.2 Å². The molecule has 0 radical (unpaired) electrons. The predicted molar refractivity (Wildman–Crippen MR) is 98.0 cm³/mol. The molecule has 0 aliphatic carbocycles.